The van der Waals surface area contributed by atoms with Crippen molar-refractivity contribution in [2.45, 2.75) is 84.8 Å². The second-order valence-electron chi connectivity index (χ2n) is 9.59. The summed E-state index contributed by atoms with van der Waals surface area (Å²) in [4.78, 5) is 27.7. The topological polar surface area (TPSA) is 49.4 Å². The van der Waals surface area contributed by atoms with E-state index in [1.165, 1.54) is 5.56 Å². The van der Waals surface area contributed by atoms with Gasteiger partial charge in [0.05, 0.1) is 0 Å². The number of amides is 2. The van der Waals surface area contributed by atoms with E-state index >= 15 is 0 Å². The summed E-state index contributed by atoms with van der Waals surface area (Å²) in [7, 11) is 0. The van der Waals surface area contributed by atoms with Gasteiger partial charge in [0, 0.05) is 23.5 Å². The largest absolute Gasteiger partial charge is 0.352 e. The molecule has 0 aliphatic carbocycles. The Hall–Kier alpha value is -2.14. The van der Waals surface area contributed by atoms with Crippen LogP contribution in [0.5, 0.6) is 0 Å². The van der Waals surface area contributed by atoms with Crippen molar-refractivity contribution in [3.05, 3.63) is 69.7 Å². The first kappa shape index (κ1) is 26.1. The molecule has 0 heterocycles. The average molecular weight is 502 g/mol. The molecule has 0 aliphatic heterocycles. The minimum absolute atomic E-state index is 0.0142. The van der Waals surface area contributed by atoms with Gasteiger partial charge in [-0.15, -0.1) is 0 Å². The Kier molecular flexibility index (Phi) is 9.50. The molecule has 2 aromatic rings. The summed E-state index contributed by atoms with van der Waals surface area (Å²) >= 11 is 3.45. The molecule has 0 bridgehead atoms. The van der Waals surface area contributed by atoms with Crippen LogP contribution in [0.25, 0.3) is 0 Å². The molecule has 2 atom stereocenters. The summed E-state index contributed by atoms with van der Waals surface area (Å²) in [6.45, 7) is 12.8. The van der Waals surface area contributed by atoms with Gasteiger partial charge in [0.1, 0.15) is 6.04 Å². The second-order valence-corrected chi connectivity index (χ2v) is 10.5. The summed E-state index contributed by atoms with van der Waals surface area (Å²) in [5, 5.41) is 3.01. The molecule has 5 heteroatoms. The maximum absolute atomic E-state index is 13.3. The molecule has 1 N–H and O–H groups in total. The van der Waals surface area contributed by atoms with E-state index in [1.54, 1.807) is 4.90 Å². The highest BCUT2D eigenvalue weighted by molar-refractivity contribution is 9.10. The zero-order valence-corrected chi connectivity index (χ0v) is 21.8. The van der Waals surface area contributed by atoms with Crippen molar-refractivity contribution in [3.63, 3.8) is 0 Å². The first-order valence-electron chi connectivity index (χ1n) is 11.4. The lowest BCUT2D eigenvalue weighted by atomic mass is 9.86. The molecule has 0 aromatic heterocycles. The van der Waals surface area contributed by atoms with Crippen molar-refractivity contribution >= 4 is 27.7 Å². The quantitative estimate of drug-likeness (QED) is 0.458. The molecule has 4 nitrogen and oxygen atoms in total. The van der Waals surface area contributed by atoms with Gasteiger partial charge in [0.2, 0.25) is 11.8 Å². The van der Waals surface area contributed by atoms with E-state index in [-0.39, 0.29) is 23.3 Å². The Morgan fingerprint density at radius 1 is 0.969 bits per heavy atom. The summed E-state index contributed by atoms with van der Waals surface area (Å²) in [5.41, 5.74) is 3.51. The summed E-state index contributed by atoms with van der Waals surface area (Å²) in [5.74, 6) is -0.126. The van der Waals surface area contributed by atoms with Crippen LogP contribution < -0.4 is 5.32 Å². The second kappa shape index (κ2) is 11.6. The predicted molar refractivity (Wildman–Crippen MR) is 136 cm³/mol. The van der Waals surface area contributed by atoms with Crippen LogP contribution in [-0.4, -0.2) is 28.8 Å². The van der Waals surface area contributed by atoms with Crippen molar-refractivity contribution in [2.24, 2.45) is 0 Å². The van der Waals surface area contributed by atoms with E-state index in [2.05, 4.69) is 66.3 Å². The Bertz CT molecular complexity index is 885. The van der Waals surface area contributed by atoms with Crippen molar-refractivity contribution in [2.75, 3.05) is 0 Å². The first-order valence-corrected chi connectivity index (χ1v) is 12.2. The first-order chi connectivity index (χ1) is 15.0. The number of hydrogen-bond acceptors (Lipinski definition) is 2. The van der Waals surface area contributed by atoms with Crippen LogP contribution in [0.2, 0.25) is 0 Å². The molecular weight excluding hydrogens is 464 g/mol. The molecule has 0 saturated heterocycles. The molecule has 0 aliphatic rings. The Morgan fingerprint density at radius 2 is 1.53 bits per heavy atom. The zero-order chi connectivity index (χ0) is 23.9. The number of rotatable bonds is 9. The van der Waals surface area contributed by atoms with Gasteiger partial charge in [-0.1, -0.05) is 80.0 Å². The van der Waals surface area contributed by atoms with Crippen LogP contribution in [0.4, 0.5) is 0 Å². The normalized spacial score (nSPS) is 13.3. The number of benzene rings is 2. The summed E-state index contributed by atoms with van der Waals surface area (Å²) in [6, 6.07) is 15.9. The van der Waals surface area contributed by atoms with Gasteiger partial charge >= 0.3 is 0 Å². The number of nitrogens with one attached hydrogen (secondary N) is 1. The van der Waals surface area contributed by atoms with Crippen molar-refractivity contribution in [1.29, 1.82) is 0 Å². The third-order valence-corrected chi connectivity index (χ3v) is 6.41. The predicted octanol–water partition coefficient (Wildman–Crippen LogP) is 6.01. The lowest BCUT2D eigenvalue weighted by Gasteiger charge is -2.30. The highest BCUT2D eigenvalue weighted by Gasteiger charge is 2.26. The Morgan fingerprint density at radius 3 is 2.06 bits per heavy atom. The minimum atomic E-state index is -0.539. The van der Waals surface area contributed by atoms with Gasteiger partial charge in [-0.2, -0.15) is 0 Å². The number of nitrogens with zero attached hydrogens (tertiary/aromatic N) is 1. The molecular formula is C27H37BrN2O2. The van der Waals surface area contributed by atoms with Gasteiger partial charge in [0.15, 0.2) is 0 Å². The maximum atomic E-state index is 13.3. The van der Waals surface area contributed by atoms with E-state index in [0.717, 1.165) is 22.0 Å². The number of carbonyl (C=O) groups is 2. The fourth-order valence-corrected chi connectivity index (χ4v) is 3.67. The van der Waals surface area contributed by atoms with Gasteiger partial charge in [-0.25, -0.2) is 0 Å². The molecule has 0 fully saturated rings. The highest BCUT2D eigenvalue weighted by atomic mass is 79.9. The van der Waals surface area contributed by atoms with Gasteiger partial charge < -0.3 is 10.2 Å². The van der Waals surface area contributed by atoms with Crippen LogP contribution in [0.1, 0.15) is 71.1 Å². The van der Waals surface area contributed by atoms with Gasteiger partial charge in [-0.05, 0) is 60.9 Å². The van der Waals surface area contributed by atoms with Crippen LogP contribution in [0, 0.1) is 0 Å². The molecule has 0 spiro atoms. The highest BCUT2D eigenvalue weighted by Crippen LogP contribution is 2.23. The van der Waals surface area contributed by atoms with Crippen molar-refractivity contribution < 1.29 is 9.59 Å². The molecule has 0 saturated carbocycles. The van der Waals surface area contributed by atoms with E-state index in [9.17, 15) is 9.59 Å². The fourth-order valence-electron chi connectivity index (χ4n) is 3.40. The molecule has 2 rings (SSSR count). The monoisotopic (exact) mass is 500 g/mol. The van der Waals surface area contributed by atoms with E-state index in [0.29, 0.717) is 19.4 Å². The number of aryl methyl sites for hydroxylation is 1. The molecule has 174 valence electrons. The van der Waals surface area contributed by atoms with E-state index < -0.39 is 6.04 Å². The Balaban J connectivity index is 2.13. The van der Waals surface area contributed by atoms with E-state index in [1.807, 2.05) is 45.0 Å². The number of carbonyl (C=O) groups excluding carboxylic acids is 2. The van der Waals surface area contributed by atoms with Gasteiger partial charge in [0.25, 0.3) is 0 Å². The third-order valence-electron chi connectivity index (χ3n) is 5.88. The molecule has 2 unspecified atom stereocenters. The number of halogens is 1. The number of hydrogen-bond donors (Lipinski definition) is 1. The van der Waals surface area contributed by atoms with Gasteiger partial charge in [-0.3, -0.25) is 9.59 Å². The fraction of sp³-hybridized carbons (Fsp3) is 0.481. The summed E-state index contributed by atoms with van der Waals surface area (Å²) < 4.78 is 0.986. The minimum Gasteiger partial charge on any atom is -0.352 e. The van der Waals surface area contributed by atoms with Crippen LogP contribution in [-0.2, 0) is 28.0 Å². The van der Waals surface area contributed by atoms with Crippen LogP contribution in [0.15, 0.2) is 53.0 Å². The molecule has 0 radical (unpaired) electrons. The molecule has 2 amide bonds. The van der Waals surface area contributed by atoms with Crippen molar-refractivity contribution in [1.82, 2.24) is 10.2 Å². The third kappa shape index (κ3) is 7.77. The SMILES string of the molecule is CCC(C)NC(=O)C(C)N(Cc1ccc(Br)cc1)C(=O)CCc1ccc(C(C)(C)C)cc1. The standard InChI is InChI=1S/C27H37BrN2O2/c1-7-19(2)29-26(32)20(3)30(18-22-10-15-24(28)16-11-22)25(31)17-12-21-8-13-23(14-9-21)27(4,5)6/h8-11,13-16,19-20H,7,12,17-18H2,1-6H3,(H,29,32). The van der Waals surface area contributed by atoms with Crippen molar-refractivity contribution in [3.8, 4) is 0 Å². The average Bonchev–Trinajstić information content (AvgIpc) is 2.76. The maximum Gasteiger partial charge on any atom is 0.242 e. The molecule has 32 heavy (non-hydrogen) atoms. The smallest absolute Gasteiger partial charge is 0.242 e. The lowest BCUT2D eigenvalue weighted by Crippen LogP contribution is -2.49. The zero-order valence-electron chi connectivity index (χ0n) is 20.2. The lowest BCUT2D eigenvalue weighted by molar-refractivity contribution is -0.140. The van der Waals surface area contributed by atoms with E-state index in [4.69, 9.17) is 0 Å². The summed E-state index contributed by atoms with van der Waals surface area (Å²) in [6.07, 6.45) is 1.87. The van der Waals surface area contributed by atoms with Crippen LogP contribution in [0.3, 0.4) is 0 Å². The van der Waals surface area contributed by atoms with Crippen LogP contribution >= 0.6 is 15.9 Å². The Labute approximate surface area is 201 Å². The molecule has 2 aromatic carbocycles.